The van der Waals surface area contributed by atoms with Gasteiger partial charge in [0.25, 0.3) is 0 Å². The van der Waals surface area contributed by atoms with Gasteiger partial charge in [0, 0.05) is 30.5 Å². The van der Waals surface area contributed by atoms with Gasteiger partial charge in [-0.2, -0.15) is 0 Å². The molecule has 1 N–H and O–H groups in total. The number of esters is 1. The monoisotopic (exact) mass is 275 g/mol. The highest BCUT2D eigenvalue weighted by molar-refractivity contribution is 5.81. The fourth-order valence-electron chi connectivity index (χ4n) is 2.81. The van der Waals surface area contributed by atoms with Gasteiger partial charge in [-0.05, 0) is 6.07 Å². The fourth-order valence-corrected chi connectivity index (χ4v) is 2.81. The number of methoxy groups -OCH3 is 1. The largest absolute Gasteiger partial charge is 0.468 e. The summed E-state index contributed by atoms with van der Waals surface area (Å²) in [5.74, 6) is -0.297. The van der Waals surface area contributed by atoms with Crippen LogP contribution in [-0.4, -0.2) is 41.8 Å². The standard InChI is InChI=1S/C15H17NO4/c1-19-15(18)13-6-11(17)8-16(13)7-10-9-20-14-5-3-2-4-12(10)14/h2-5,9,11,13,17H,6-8H2,1H3/t11-,13+/m0/s1. The Balaban J connectivity index is 1.84. The number of β-amino-alcohol motifs (C(OH)–C–C–N with tert-alkyl or cyclic N) is 1. The maximum Gasteiger partial charge on any atom is 0.323 e. The van der Waals surface area contributed by atoms with Crippen LogP contribution in [0, 0.1) is 0 Å². The summed E-state index contributed by atoms with van der Waals surface area (Å²) < 4.78 is 10.3. The minimum atomic E-state index is -0.489. The van der Waals surface area contributed by atoms with Gasteiger partial charge in [-0.3, -0.25) is 9.69 Å². The lowest BCUT2D eigenvalue weighted by molar-refractivity contribution is -0.146. The van der Waals surface area contributed by atoms with Crippen molar-refractivity contribution in [3.05, 3.63) is 36.1 Å². The lowest BCUT2D eigenvalue weighted by Crippen LogP contribution is -2.36. The van der Waals surface area contributed by atoms with E-state index in [0.717, 1.165) is 16.5 Å². The minimum absolute atomic E-state index is 0.297. The quantitative estimate of drug-likeness (QED) is 0.861. The van der Waals surface area contributed by atoms with E-state index in [1.165, 1.54) is 7.11 Å². The number of para-hydroxylation sites is 1. The molecule has 2 aromatic rings. The van der Waals surface area contributed by atoms with Crippen molar-refractivity contribution in [1.29, 1.82) is 0 Å². The summed E-state index contributed by atoms with van der Waals surface area (Å²) in [6, 6.07) is 7.40. The van der Waals surface area contributed by atoms with Crippen molar-refractivity contribution in [1.82, 2.24) is 4.90 Å². The number of fused-ring (bicyclic) bond motifs is 1. The molecule has 2 heterocycles. The summed E-state index contributed by atoms with van der Waals surface area (Å²) in [7, 11) is 1.37. The molecule has 1 aromatic heterocycles. The Labute approximate surface area is 116 Å². The first-order valence-electron chi connectivity index (χ1n) is 6.64. The molecule has 0 radical (unpaired) electrons. The van der Waals surface area contributed by atoms with E-state index in [4.69, 9.17) is 9.15 Å². The molecule has 0 aliphatic carbocycles. The topological polar surface area (TPSA) is 62.9 Å². The second kappa shape index (κ2) is 5.26. The molecule has 1 aliphatic rings. The molecule has 0 spiro atoms. The van der Waals surface area contributed by atoms with Gasteiger partial charge in [0.2, 0.25) is 0 Å². The first-order valence-corrected chi connectivity index (χ1v) is 6.64. The van der Waals surface area contributed by atoms with E-state index < -0.39 is 6.10 Å². The average molecular weight is 275 g/mol. The predicted octanol–water partition coefficient (Wildman–Crippen LogP) is 1.54. The van der Waals surface area contributed by atoms with Crippen molar-refractivity contribution in [3.63, 3.8) is 0 Å². The molecular formula is C15H17NO4. The van der Waals surface area contributed by atoms with Gasteiger partial charge < -0.3 is 14.3 Å². The molecule has 3 rings (SSSR count). The summed E-state index contributed by atoms with van der Waals surface area (Å²) in [5, 5.41) is 10.8. The highest BCUT2D eigenvalue weighted by Gasteiger charge is 2.36. The fraction of sp³-hybridized carbons (Fsp3) is 0.400. The lowest BCUT2D eigenvalue weighted by Gasteiger charge is -2.21. The second-order valence-corrected chi connectivity index (χ2v) is 5.12. The van der Waals surface area contributed by atoms with E-state index >= 15 is 0 Å². The van der Waals surface area contributed by atoms with Gasteiger partial charge >= 0.3 is 5.97 Å². The Morgan fingerprint density at radius 1 is 1.50 bits per heavy atom. The zero-order valence-electron chi connectivity index (χ0n) is 11.3. The van der Waals surface area contributed by atoms with Crippen LogP contribution in [0.5, 0.6) is 0 Å². The van der Waals surface area contributed by atoms with Crippen LogP contribution in [0.2, 0.25) is 0 Å². The number of nitrogens with zero attached hydrogens (tertiary/aromatic N) is 1. The Hall–Kier alpha value is -1.85. The molecule has 5 heteroatoms. The Kier molecular flexibility index (Phi) is 3.46. The van der Waals surface area contributed by atoms with E-state index in [2.05, 4.69) is 0 Å². The third kappa shape index (κ3) is 2.30. The van der Waals surface area contributed by atoms with Gasteiger partial charge in [0.05, 0.1) is 19.5 Å². The first kappa shape index (κ1) is 13.1. The third-order valence-electron chi connectivity index (χ3n) is 3.79. The van der Waals surface area contributed by atoms with Gasteiger partial charge in [-0.1, -0.05) is 18.2 Å². The highest BCUT2D eigenvalue weighted by Crippen LogP contribution is 2.26. The van der Waals surface area contributed by atoms with Gasteiger partial charge in [-0.25, -0.2) is 0 Å². The van der Waals surface area contributed by atoms with E-state index in [9.17, 15) is 9.90 Å². The van der Waals surface area contributed by atoms with Crippen molar-refractivity contribution < 1.29 is 19.1 Å². The maximum atomic E-state index is 11.8. The first-order chi connectivity index (χ1) is 9.69. The number of benzene rings is 1. The molecule has 0 bridgehead atoms. The second-order valence-electron chi connectivity index (χ2n) is 5.12. The van der Waals surface area contributed by atoms with Gasteiger partial charge in [0.15, 0.2) is 0 Å². The number of carbonyl (C=O) groups excluding carboxylic acids is 1. The van der Waals surface area contributed by atoms with Crippen LogP contribution in [-0.2, 0) is 16.1 Å². The van der Waals surface area contributed by atoms with Crippen LogP contribution < -0.4 is 0 Å². The molecule has 106 valence electrons. The van der Waals surface area contributed by atoms with Crippen molar-refractivity contribution >= 4 is 16.9 Å². The number of furan rings is 1. The maximum absolute atomic E-state index is 11.8. The van der Waals surface area contributed by atoms with Gasteiger partial charge in [-0.15, -0.1) is 0 Å². The van der Waals surface area contributed by atoms with Crippen molar-refractivity contribution in [2.75, 3.05) is 13.7 Å². The van der Waals surface area contributed by atoms with E-state index in [1.54, 1.807) is 6.26 Å². The number of carbonyl (C=O) groups is 1. The van der Waals surface area contributed by atoms with E-state index in [-0.39, 0.29) is 12.0 Å². The molecule has 0 amide bonds. The number of aliphatic hydroxyl groups is 1. The summed E-state index contributed by atoms with van der Waals surface area (Å²) >= 11 is 0. The molecule has 0 saturated carbocycles. The lowest BCUT2D eigenvalue weighted by atomic mass is 10.1. The zero-order valence-corrected chi connectivity index (χ0v) is 11.3. The molecule has 1 aliphatic heterocycles. The average Bonchev–Trinajstić information content (AvgIpc) is 3.03. The van der Waals surface area contributed by atoms with Crippen LogP contribution in [0.25, 0.3) is 11.0 Å². The normalized spacial score (nSPS) is 23.3. The van der Waals surface area contributed by atoms with Crippen LogP contribution in [0.1, 0.15) is 12.0 Å². The summed E-state index contributed by atoms with van der Waals surface area (Å²) in [6.07, 6.45) is 1.64. The molecule has 20 heavy (non-hydrogen) atoms. The molecule has 1 fully saturated rings. The van der Waals surface area contributed by atoms with E-state index in [0.29, 0.717) is 19.5 Å². The predicted molar refractivity (Wildman–Crippen MR) is 73.1 cm³/mol. The number of aliphatic hydroxyl groups excluding tert-OH is 1. The smallest absolute Gasteiger partial charge is 0.323 e. The van der Waals surface area contributed by atoms with E-state index in [1.807, 2.05) is 29.2 Å². The number of rotatable bonds is 3. The summed E-state index contributed by atoms with van der Waals surface area (Å²) in [4.78, 5) is 13.7. The number of ether oxygens (including phenoxy) is 1. The summed E-state index contributed by atoms with van der Waals surface area (Å²) in [6.45, 7) is 1.03. The Bertz CT molecular complexity index is 621. The third-order valence-corrected chi connectivity index (χ3v) is 3.79. The van der Waals surface area contributed by atoms with Crippen LogP contribution in [0.3, 0.4) is 0 Å². The molecule has 1 saturated heterocycles. The molecular weight excluding hydrogens is 258 g/mol. The van der Waals surface area contributed by atoms with Crippen molar-refractivity contribution in [2.24, 2.45) is 0 Å². The van der Waals surface area contributed by atoms with Gasteiger partial charge in [0.1, 0.15) is 11.6 Å². The Morgan fingerprint density at radius 3 is 3.10 bits per heavy atom. The molecule has 2 atom stereocenters. The Morgan fingerprint density at radius 2 is 2.30 bits per heavy atom. The highest BCUT2D eigenvalue weighted by atomic mass is 16.5. The molecule has 0 unspecified atom stereocenters. The number of hydrogen-bond acceptors (Lipinski definition) is 5. The number of hydrogen-bond donors (Lipinski definition) is 1. The van der Waals surface area contributed by atoms with Crippen LogP contribution in [0.15, 0.2) is 34.9 Å². The molecule has 5 nitrogen and oxygen atoms in total. The van der Waals surface area contributed by atoms with Crippen molar-refractivity contribution in [3.8, 4) is 0 Å². The number of likely N-dealkylation sites (tertiary alicyclic amines) is 1. The minimum Gasteiger partial charge on any atom is -0.468 e. The summed E-state index contributed by atoms with van der Waals surface area (Å²) in [5.41, 5.74) is 1.85. The van der Waals surface area contributed by atoms with Crippen LogP contribution in [0.4, 0.5) is 0 Å². The molecule has 1 aromatic carbocycles. The SMILES string of the molecule is COC(=O)[C@H]1C[C@H](O)CN1Cc1coc2ccccc12. The zero-order chi connectivity index (χ0) is 14.1. The van der Waals surface area contributed by atoms with Crippen molar-refractivity contribution in [2.45, 2.75) is 25.1 Å². The van der Waals surface area contributed by atoms with Crippen LogP contribution >= 0.6 is 0 Å².